The number of carbonyl (C=O) groups excluding carboxylic acids is 1. The van der Waals surface area contributed by atoms with E-state index in [9.17, 15) is 4.79 Å². The maximum atomic E-state index is 12.3. The van der Waals surface area contributed by atoms with Crippen LogP contribution in [0.2, 0.25) is 20.2 Å². The van der Waals surface area contributed by atoms with E-state index in [2.05, 4.69) is 10.3 Å². The van der Waals surface area contributed by atoms with Crippen molar-refractivity contribution in [2.45, 2.75) is 13.8 Å². The zero-order valence-corrected chi connectivity index (χ0v) is 14.1. The number of nitrogens with zero attached hydrogens (tertiary/aromatic N) is 1. The Morgan fingerprint density at radius 1 is 1.05 bits per heavy atom. The first kappa shape index (κ1) is 16.4. The van der Waals surface area contributed by atoms with Crippen LogP contribution >= 0.6 is 46.4 Å². The predicted molar refractivity (Wildman–Crippen MR) is 88.1 cm³/mol. The van der Waals surface area contributed by atoms with Gasteiger partial charge >= 0.3 is 0 Å². The number of aryl methyl sites for hydroxylation is 2. The fraction of sp³-hybridized carbons (Fsp3) is 0.143. The fourth-order valence-corrected chi connectivity index (χ4v) is 2.50. The molecule has 21 heavy (non-hydrogen) atoms. The quantitative estimate of drug-likeness (QED) is 0.709. The minimum Gasteiger partial charge on any atom is -0.320 e. The molecule has 0 fully saturated rings. The van der Waals surface area contributed by atoms with Crippen molar-refractivity contribution in [2.75, 3.05) is 5.32 Å². The highest BCUT2D eigenvalue weighted by Crippen LogP contribution is 2.36. The molecule has 0 aliphatic heterocycles. The first-order valence-electron chi connectivity index (χ1n) is 5.90. The van der Waals surface area contributed by atoms with Gasteiger partial charge in [0.15, 0.2) is 0 Å². The second kappa shape index (κ2) is 6.41. The lowest BCUT2D eigenvalue weighted by Crippen LogP contribution is -2.15. The van der Waals surface area contributed by atoms with Gasteiger partial charge in [0.05, 0.1) is 15.1 Å². The maximum absolute atomic E-state index is 12.3. The highest BCUT2D eigenvalue weighted by Gasteiger charge is 2.20. The van der Waals surface area contributed by atoms with Crippen molar-refractivity contribution in [2.24, 2.45) is 0 Å². The van der Waals surface area contributed by atoms with Crippen molar-refractivity contribution in [1.82, 2.24) is 4.98 Å². The Kier molecular flexibility index (Phi) is 4.99. The lowest BCUT2D eigenvalue weighted by Gasteiger charge is -2.11. The van der Waals surface area contributed by atoms with Gasteiger partial charge in [0.1, 0.15) is 10.8 Å². The molecule has 0 atom stereocenters. The van der Waals surface area contributed by atoms with Gasteiger partial charge in [-0.15, -0.1) is 0 Å². The van der Waals surface area contributed by atoms with E-state index in [1.165, 1.54) is 0 Å². The van der Waals surface area contributed by atoms with Crippen molar-refractivity contribution in [3.63, 3.8) is 0 Å². The molecule has 0 spiro atoms. The summed E-state index contributed by atoms with van der Waals surface area (Å²) in [5.41, 5.74) is 2.52. The SMILES string of the molecule is Cc1ccc(C)c(NC(=O)c2nc(Cl)c(Cl)c(Cl)c2Cl)c1. The van der Waals surface area contributed by atoms with E-state index in [4.69, 9.17) is 46.4 Å². The summed E-state index contributed by atoms with van der Waals surface area (Å²) in [6.45, 7) is 3.81. The van der Waals surface area contributed by atoms with Crippen molar-refractivity contribution < 1.29 is 4.79 Å². The largest absolute Gasteiger partial charge is 0.320 e. The Balaban J connectivity index is 2.40. The Hall–Kier alpha value is -1.000. The smallest absolute Gasteiger partial charge is 0.275 e. The van der Waals surface area contributed by atoms with Crippen LogP contribution in [0.4, 0.5) is 5.69 Å². The van der Waals surface area contributed by atoms with Gasteiger partial charge in [0, 0.05) is 5.69 Å². The molecule has 3 nitrogen and oxygen atoms in total. The number of hydrogen-bond acceptors (Lipinski definition) is 2. The van der Waals surface area contributed by atoms with E-state index in [1.54, 1.807) is 0 Å². The van der Waals surface area contributed by atoms with Gasteiger partial charge in [-0.25, -0.2) is 4.98 Å². The normalized spacial score (nSPS) is 10.6. The van der Waals surface area contributed by atoms with E-state index >= 15 is 0 Å². The third kappa shape index (κ3) is 3.43. The molecule has 1 N–H and O–H groups in total. The summed E-state index contributed by atoms with van der Waals surface area (Å²) in [5.74, 6) is -0.505. The molecule has 0 aliphatic rings. The lowest BCUT2D eigenvalue weighted by atomic mass is 10.1. The third-order valence-electron chi connectivity index (χ3n) is 2.84. The van der Waals surface area contributed by atoms with Gasteiger partial charge < -0.3 is 5.32 Å². The Labute approximate surface area is 142 Å². The van der Waals surface area contributed by atoms with E-state index < -0.39 is 5.91 Å². The molecule has 1 aromatic heterocycles. The molecule has 1 amide bonds. The minimum atomic E-state index is -0.505. The van der Waals surface area contributed by atoms with E-state index in [0.717, 1.165) is 11.1 Å². The number of nitrogens with one attached hydrogen (secondary N) is 1. The topological polar surface area (TPSA) is 42.0 Å². The number of anilines is 1. The highest BCUT2D eigenvalue weighted by molar-refractivity contribution is 6.52. The molecule has 0 saturated carbocycles. The number of amides is 1. The first-order valence-corrected chi connectivity index (χ1v) is 7.41. The summed E-state index contributed by atoms with van der Waals surface area (Å²) < 4.78 is 0. The van der Waals surface area contributed by atoms with Crippen LogP contribution in [-0.2, 0) is 0 Å². The number of halogens is 4. The van der Waals surface area contributed by atoms with Crippen LogP contribution < -0.4 is 5.32 Å². The monoisotopic (exact) mass is 362 g/mol. The number of aromatic nitrogens is 1. The number of benzene rings is 1. The standard InChI is InChI=1S/C14H10Cl4N2O/c1-6-3-4-7(2)8(5-6)19-14(21)12-10(16)9(15)11(17)13(18)20-12/h3-5H,1-2H3,(H,19,21). The zero-order chi connectivity index (χ0) is 15.7. The molecule has 0 radical (unpaired) electrons. The van der Waals surface area contributed by atoms with Gasteiger partial charge in [0.25, 0.3) is 5.91 Å². The predicted octanol–water partition coefficient (Wildman–Crippen LogP) is 5.56. The average Bonchev–Trinajstić information content (AvgIpc) is 2.44. The average molecular weight is 364 g/mol. The molecule has 0 aliphatic carbocycles. The van der Waals surface area contributed by atoms with Gasteiger partial charge in [-0.1, -0.05) is 58.5 Å². The van der Waals surface area contributed by atoms with Crippen LogP contribution in [0.3, 0.4) is 0 Å². The Morgan fingerprint density at radius 2 is 1.71 bits per heavy atom. The number of rotatable bonds is 2. The molecule has 2 aromatic rings. The van der Waals surface area contributed by atoms with E-state index in [0.29, 0.717) is 5.69 Å². The number of pyridine rings is 1. The fourth-order valence-electron chi connectivity index (χ4n) is 1.69. The molecule has 0 saturated heterocycles. The van der Waals surface area contributed by atoms with Crippen LogP contribution in [0.25, 0.3) is 0 Å². The van der Waals surface area contributed by atoms with Crippen molar-refractivity contribution >= 4 is 58.0 Å². The summed E-state index contributed by atoms with van der Waals surface area (Å²) in [6.07, 6.45) is 0. The molecule has 2 rings (SSSR count). The summed E-state index contributed by atoms with van der Waals surface area (Å²) in [5, 5.41) is 2.65. The van der Waals surface area contributed by atoms with Gasteiger partial charge in [0.2, 0.25) is 0 Å². The molecule has 7 heteroatoms. The molecule has 110 valence electrons. The van der Waals surface area contributed by atoms with Crippen molar-refractivity contribution in [3.05, 3.63) is 55.2 Å². The summed E-state index contributed by atoms with van der Waals surface area (Å²) in [4.78, 5) is 16.2. The maximum Gasteiger partial charge on any atom is 0.275 e. The Bertz CT molecular complexity index is 731. The van der Waals surface area contributed by atoms with Crippen LogP contribution in [-0.4, -0.2) is 10.9 Å². The van der Waals surface area contributed by atoms with Crippen LogP contribution in [0, 0.1) is 13.8 Å². The molecule has 0 bridgehead atoms. The number of carbonyl (C=O) groups is 1. The first-order chi connectivity index (χ1) is 9.81. The van der Waals surface area contributed by atoms with Gasteiger partial charge in [-0.2, -0.15) is 0 Å². The van der Waals surface area contributed by atoms with Crippen molar-refractivity contribution in [1.29, 1.82) is 0 Å². The second-order valence-electron chi connectivity index (χ2n) is 4.47. The molecule has 1 aromatic carbocycles. The summed E-state index contributed by atoms with van der Waals surface area (Å²) in [6, 6.07) is 5.70. The summed E-state index contributed by atoms with van der Waals surface area (Å²) in [7, 11) is 0. The molecular formula is C14H10Cl4N2O. The van der Waals surface area contributed by atoms with E-state index in [1.807, 2.05) is 32.0 Å². The number of hydrogen-bond donors (Lipinski definition) is 1. The lowest BCUT2D eigenvalue weighted by molar-refractivity contribution is 0.102. The zero-order valence-electron chi connectivity index (χ0n) is 11.1. The highest BCUT2D eigenvalue weighted by atomic mass is 35.5. The van der Waals surface area contributed by atoms with E-state index in [-0.39, 0.29) is 25.9 Å². The molecule has 1 heterocycles. The third-order valence-corrected chi connectivity index (χ3v) is 4.52. The van der Waals surface area contributed by atoms with Crippen LogP contribution in [0.1, 0.15) is 21.6 Å². The summed E-state index contributed by atoms with van der Waals surface area (Å²) >= 11 is 23.6. The van der Waals surface area contributed by atoms with Crippen molar-refractivity contribution in [3.8, 4) is 0 Å². The second-order valence-corrected chi connectivity index (χ2v) is 5.96. The molecular weight excluding hydrogens is 354 g/mol. The Morgan fingerprint density at radius 3 is 2.38 bits per heavy atom. The van der Waals surface area contributed by atoms with Gasteiger partial charge in [-0.3, -0.25) is 4.79 Å². The van der Waals surface area contributed by atoms with Gasteiger partial charge in [-0.05, 0) is 31.0 Å². The van der Waals surface area contributed by atoms with Crippen LogP contribution in [0.5, 0.6) is 0 Å². The minimum absolute atomic E-state index is 0.00412. The molecule has 0 unspecified atom stereocenters. The van der Waals surface area contributed by atoms with Crippen LogP contribution in [0.15, 0.2) is 18.2 Å².